The van der Waals surface area contributed by atoms with Gasteiger partial charge in [-0.05, 0) is 56.4 Å². The second-order valence-electron chi connectivity index (χ2n) is 5.39. The van der Waals surface area contributed by atoms with Crippen LogP contribution in [0.4, 0.5) is 0 Å². The zero-order valence-corrected chi connectivity index (χ0v) is 12.5. The van der Waals surface area contributed by atoms with Crippen molar-refractivity contribution in [1.82, 2.24) is 4.90 Å². The third-order valence-electron chi connectivity index (χ3n) is 3.84. The van der Waals surface area contributed by atoms with Gasteiger partial charge in [0.2, 0.25) is 6.41 Å². The lowest BCUT2D eigenvalue weighted by Gasteiger charge is -2.29. The number of carbonyl (C=O) groups excluding carboxylic acids is 1. The van der Waals surface area contributed by atoms with Crippen LogP contribution in [-0.4, -0.2) is 30.2 Å². The molecule has 1 aliphatic heterocycles. The average Bonchev–Trinajstić information content (AvgIpc) is 2.46. The molecule has 0 spiro atoms. The summed E-state index contributed by atoms with van der Waals surface area (Å²) in [6, 6.07) is 8.78. The Balaban J connectivity index is 1.59. The van der Waals surface area contributed by atoms with Crippen molar-refractivity contribution in [1.29, 1.82) is 0 Å². The number of amides is 1. The SMILES string of the molecule is Cc1ccc(SCCCC2CCN(C=O)CC2)cc1. The van der Waals surface area contributed by atoms with Crippen molar-refractivity contribution in [2.24, 2.45) is 5.92 Å². The maximum atomic E-state index is 10.6. The van der Waals surface area contributed by atoms with Gasteiger partial charge in [0.25, 0.3) is 0 Å². The summed E-state index contributed by atoms with van der Waals surface area (Å²) in [6.07, 6.45) is 5.96. The topological polar surface area (TPSA) is 20.3 Å². The molecule has 1 aromatic carbocycles. The van der Waals surface area contributed by atoms with Gasteiger partial charge in [-0.1, -0.05) is 17.7 Å². The van der Waals surface area contributed by atoms with Crippen LogP contribution in [0.1, 0.15) is 31.2 Å². The number of piperidine rings is 1. The molecule has 2 rings (SSSR count). The van der Waals surface area contributed by atoms with Gasteiger partial charge in [0.15, 0.2) is 0 Å². The third-order valence-corrected chi connectivity index (χ3v) is 4.94. The summed E-state index contributed by atoms with van der Waals surface area (Å²) < 4.78 is 0. The lowest BCUT2D eigenvalue weighted by atomic mass is 9.93. The molecule has 0 N–H and O–H groups in total. The van der Waals surface area contributed by atoms with E-state index in [1.807, 2.05) is 16.7 Å². The van der Waals surface area contributed by atoms with Gasteiger partial charge in [-0.15, -0.1) is 11.8 Å². The van der Waals surface area contributed by atoms with Gasteiger partial charge < -0.3 is 4.90 Å². The molecule has 0 unspecified atom stereocenters. The predicted octanol–water partition coefficient (Wildman–Crippen LogP) is 3.74. The van der Waals surface area contributed by atoms with Crippen LogP contribution in [-0.2, 0) is 4.79 Å². The average molecular weight is 277 g/mol. The molecule has 1 fully saturated rings. The van der Waals surface area contributed by atoms with Crippen LogP contribution in [0.2, 0.25) is 0 Å². The normalized spacial score (nSPS) is 16.6. The summed E-state index contributed by atoms with van der Waals surface area (Å²) in [5, 5.41) is 0. The van der Waals surface area contributed by atoms with Gasteiger partial charge in [0.05, 0.1) is 0 Å². The molecule has 104 valence electrons. The van der Waals surface area contributed by atoms with E-state index in [9.17, 15) is 4.79 Å². The van der Waals surface area contributed by atoms with Crippen LogP contribution in [0.5, 0.6) is 0 Å². The fraction of sp³-hybridized carbons (Fsp3) is 0.562. The van der Waals surface area contributed by atoms with Crippen LogP contribution >= 0.6 is 11.8 Å². The van der Waals surface area contributed by atoms with E-state index in [1.165, 1.54) is 41.9 Å². The Kier molecular flexibility index (Phi) is 5.77. The van der Waals surface area contributed by atoms with Crippen molar-refractivity contribution in [2.45, 2.75) is 37.5 Å². The molecule has 3 heteroatoms. The molecular formula is C16H23NOS. The number of rotatable bonds is 6. The molecule has 0 saturated carbocycles. The van der Waals surface area contributed by atoms with Crippen LogP contribution in [0.3, 0.4) is 0 Å². The van der Waals surface area contributed by atoms with Crippen molar-refractivity contribution in [3.8, 4) is 0 Å². The molecule has 0 radical (unpaired) electrons. The van der Waals surface area contributed by atoms with Crippen LogP contribution in [0.25, 0.3) is 0 Å². The molecular weight excluding hydrogens is 254 g/mol. The predicted molar refractivity (Wildman–Crippen MR) is 81.5 cm³/mol. The minimum absolute atomic E-state index is 0.829. The Hall–Kier alpha value is -0.960. The van der Waals surface area contributed by atoms with Crippen LogP contribution in [0, 0.1) is 12.8 Å². The lowest BCUT2D eigenvalue weighted by molar-refractivity contribution is -0.119. The summed E-state index contributed by atoms with van der Waals surface area (Å²) >= 11 is 1.96. The van der Waals surface area contributed by atoms with E-state index >= 15 is 0 Å². The fourth-order valence-electron chi connectivity index (χ4n) is 2.54. The first kappa shape index (κ1) is 14.4. The Morgan fingerprint density at radius 2 is 1.95 bits per heavy atom. The maximum absolute atomic E-state index is 10.6. The van der Waals surface area contributed by atoms with E-state index in [2.05, 4.69) is 31.2 Å². The maximum Gasteiger partial charge on any atom is 0.209 e. The highest BCUT2D eigenvalue weighted by Crippen LogP contribution is 2.24. The van der Waals surface area contributed by atoms with Crippen LogP contribution in [0.15, 0.2) is 29.2 Å². The van der Waals surface area contributed by atoms with Gasteiger partial charge in [-0.2, -0.15) is 0 Å². The number of aryl methyl sites for hydroxylation is 1. The number of likely N-dealkylation sites (tertiary alicyclic amines) is 1. The fourth-order valence-corrected chi connectivity index (χ4v) is 3.42. The van der Waals surface area contributed by atoms with Gasteiger partial charge in [-0.3, -0.25) is 4.79 Å². The first-order valence-electron chi connectivity index (χ1n) is 7.17. The van der Waals surface area contributed by atoms with E-state index < -0.39 is 0 Å². The van der Waals surface area contributed by atoms with Crippen molar-refractivity contribution in [3.05, 3.63) is 29.8 Å². The summed E-state index contributed by atoms with van der Waals surface area (Å²) in [6.45, 7) is 4.04. The third kappa shape index (κ3) is 4.90. The van der Waals surface area contributed by atoms with E-state index in [1.54, 1.807) is 0 Å². The first-order valence-corrected chi connectivity index (χ1v) is 8.15. The minimum Gasteiger partial charge on any atom is -0.345 e. The minimum atomic E-state index is 0.829. The van der Waals surface area contributed by atoms with Crippen molar-refractivity contribution in [2.75, 3.05) is 18.8 Å². The summed E-state index contributed by atoms with van der Waals surface area (Å²) in [4.78, 5) is 13.9. The van der Waals surface area contributed by atoms with Gasteiger partial charge in [0, 0.05) is 18.0 Å². The first-order chi connectivity index (χ1) is 9.28. The molecule has 0 aliphatic carbocycles. The summed E-state index contributed by atoms with van der Waals surface area (Å²) in [5.74, 6) is 2.03. The zero-order valence-electron chi connectivity index (χ0n) is 11.7. The Labute approximate surface area is 120 Å². The largest absolute Gasteiger partial charge is 0.345 e. The zero-order chi connectivity index (χ0) is 13.5. The second-order valence-corrected chi connectivity index (χ2v) is 6.56. The van der Waals surface area contributed by atoms with Crippen molar-refractivity contribution >= 4 is 18.2 Å². The summed E-state index contributed by atoms with van der Waals surface area (Å²) in [7, 11) is 0. The van der Waals surface area contributed by atoms with Gasteiger partial charge in [0.1, 0.15) is 0 Å². The molecule has 1 saturated heterocycles. The Morgan fingerprint density at radius 3 is 2.58 bits per heavy atom. The molecule has 19 heavy (non-hydrogen) atoms. The molecule has 0 aromatic heterocycles. The number of nitrogens with zero attached hydrogens (tertiary/aromatic N) is 1. The summed E-state index contributed by atoms with van der Waals surface area (Å²) in [5.41, 5.74) is 1.33. The molecule has 1 heterocycles. The van der Waals surface area contributed by atoms with Crippen molar-refractivity contribution in [3.63, 3.8) is 0 Å². The lowest BCUT2D eigenvalue weighted by Crippen LogP contribution is -2.32. The van der Waals surface area contributed by atoms with Gasteiger partial charge in [-0.25, -0.2) is 0 Å². The molecule has 1 aromatic rings. The van der Waals surface area contributed by atoms with E-state index in [4.69, 9.17) is 0 Å². The van der Waals surface area contributed by atoms with Crippen LogP contribution < -0.4 is 0 Å². The molecule has 2 nitrogen and oxygen atoms in total. The Morgan fingerprint density at radius 1 is 1.26 bits per heavy atom. The molecule has 1 aliphatic rings. The standard InChI is InChI=1S/C16H23NOS/c1-14-4-6-16(7-5-14)19-12-2-3-15-8-10-17(13-18)11-9-15/h4-7,13,15H,2-3,8-12H2,1H3. The van der Waals surface area contributed by atoms with E-state index in [-0.39, 0.29) is 0 Å². The molecule has 1 amide bonds. The Bertz CT molecular complexity index is 382. The number of hydrogen-bond donors (Lipinski definition) is 0. The highest BCUT2D eigenvalue weighted by atomic mass is 32.2. The highest BCUT2D eigenvalue weighted by molar-refractivity contribution is 7.99. The van der Waals surface area contributed by atoms with Crippen molar-refractivity contribution < 1.29 is 4.79 Å². The second kappa shape index (κ2) is 7.59. The smallest absolute Gasteiger partial charge is 0.209 e. The molecule has 0 bridgehead atoms. The number of hydrogen-bond acceptors (Lipinski definition) is 2. The monoisotopic (exact) mass is 277 g/mol. The highest BCUT2D eigenvalue weighted by Gasteiger charge is 2.17. The number of thioether (sulfide) groups is 1. The van der Waals surface area contributed by atoms with E-state index in [0.717, 1.165) is 25.4 Å². The van der Waals surface area contributed by atoms with Gasteiger partial charge >= 0.3 is 0 Å². The number of carbonyl (C=O) groups is 1. The number of benzene rings is 1. The molecule has 0 atom stereocenters. The quantitative estimate of drug-likeness (QED) is 0.448. The van der Waals surface area contributed by atoms with E-state index in [0.29, 0.717) is 0 Å².